The summed E-state index contributed by atoms with van der Waals surface area (Å²) in [5.41, 5.74) is 3.61. The quantitative estimate of drug-likeness (QED) is 0.831. The van der Waals surface area contributed by atoms with E-state index >= 15 is 0 Å². The Balaban J connectivity index is 2.06. The summed E-state index contributed by atoms with van der Waals surface area (Å²) in [4.78, 5) is 13.9. The monoisotopic (exact) mass is 255 g/mol. The molecule has 0 saturated carbocycles. The molecule has 4 nitrogen and oxygen atoms in total. The molecular formula is C15H17N3O. The van der Waals surface area contributed by atoms with Crippen LogP contribution in [0.2, 0.25) is 0 Å². The summed E-state index contributed by atoms with van der Waals surface area (Å²) >= 11 is 0. The van der Waals surface area contributed by atoms with Crippen molar-refractivity contribution in [3.8, 4) is 6.07 Å². The zero-order valence-electron chi connectivity index (χ0n) is 11.2. The van der Waals surface area contributed by atoms with Gasteiger partial charge in [0.05, 0.1) is 11.6 Å². The lowest BCUT2D eigenvalue weighted by Gasteiger charge is -2.24. The van der Waals surface area contributed by atoms with Crippen LogP contribution in [0.15, 0.2) is 35.4 Å². The van der Waals surface area contributed by atoms with Gasteiger partial charge in [-0.25, -0.2) is 0 Å². The van der Waals surface area contributed by atoms with E-state index in [1.165, 1.54) is 5.57 Å². The number of nitrogens with zero attached hydrogens (tertiary/aromatic N) is 2. The van der Waals surface area contributed by atoms with Gasteiger partial charge in [-0.05, 0) is 30.2 Å². The summed E-state index contributed by atoms with van der Waals surface area (Å²) in [5.74, 6) is 0.0545. The van der Waals surface area contributed by atoms with Crippen LogP contribution in [0, 0.1) is 11.3 Å². The molecule has 0 radical (unpaired) electrons. The van der Waals surface area contributed by atoms with Crippen molar-refractivity contribution in [2.24, 2.45) is 0 Å². The molecule has 4 heteroatoms. The van der Waals surface area contributed by atoms with Gasteiger partial charge in [-0.1, -0.05) is 12.1 Å². The largest absolute Gasteiger partial charge is 0.338 e. The zero-order chi connectivity index (χ0) is 13.8. The first-order valence-electron chi connectivity index (χ1n) is 6.25. The van der Waals surface area contributed by atoms with Crippen LogP contribution in [0.3, 0.4) is 0 Å². The molecule has 1 fully saturated rings. The first-order chi connectivity index (χ1) is 9.11. The van der Waals surface area contributed by atoms with E-state index < -0.39 is 0 Å². The molecule has 2 rings (SSSR count). The van der Waals surface area contributed by atoms with Gasteiger partial charge in [0.15, 0.2) is 0 Å². The van der Waals surface area contributed by atoms with Crippen molar-refractivity contribution in [1.82, 2.24) is 10.2 Å². The molecule has 1 saturated heterocycles. The second kappa shape index (κ2) is 5.68. The van der Waals surface area contributed by atoms with E-state index in [1.807, 2.05) is 25.1 Å². The Morgan fingerprint density at radius 2 is 2.21 bits per heavy atom. The zero-order valence-corrected chi connectivity index (χ0v) is 11.2. The number of amides is 1. The van der Waals surface area contributed by atoms with Gasteiger partial charge in [0.2, 0.25) is 5.91 Å². The molecule has 0 unspecified atom stereocenters. The van der Waals surface area contributed by atoms with Gasteiger partial charge in [0.1, 0.15) is 0 Å². The molecule has 0 spiro atoms. The molecule has 1 aliphatic rings. The molecule has 1 N–H and O–H groups in total. The van der Waals surface area contributed by atoms with E-state index in [0.717, 1.165) is 24.2 Å². The van der Waals surface area contributed by atoms with Gasteiger partial charge < -0.3 is 10.2 Å². The number of carbonyl (C=O) groups is 1. The second-order valence-electron chi connectivity index (χ2n) is 4.81. The molecule has 1 amide bonds. The van der Waals surface area contributed by atoms with Crippen LogP contribution in [0.5, 0.6) is 0 Å². The Bertz CT molecular complexity index is 563. The van der Waals surface area contributed by atoms with E-state index in [1.54, 1.807) is 18.0 Å². The van der Waals surface area contributed by atoms with Gasteiger partial charge in [-0.3, -0.25) is 4.79 Å². The molecule has 0 bridgehead atoms. The number of rotatable bonds is 3. The lowest BCUT2D eigenvalue weighted by atomic mass is 10.0. The van der Waals surface area contributed by atoms with Crippen LogP contribution in [-0.4, -0.2) is 30.9 Å². The third kappa shape index (κ3) is 3.01. The van der Waals surface area contributed by atoms with Crippen LogP contribution in [0.25, 0.3) is 0 Å². The number of hydrogen-bond acceptors (Lipinski definition) is 3. The van der Waals surface area contributed by atoms with Crippen molar-refractivity contribution >= 4 is 5.91 Å². The second-order valence-corrected chi connectivity index (χ2v) is 4.81. The fraction of sp³-hybridized carbons (Fsp3) is 0.333. The maximum absolute atomic E-state index is 12.2. The molecule has 1 aliphatic heterocycles. The highest BCUT2D eigenvalue weighted by Crippen LogP contribution is 2.13. The Hall–Kier alpha value is -2.12. The summed E-state index contributed by atoms with van der Waals surface area (Å²) in [6, 6.07) is 9.46. The third-order valence-corrected chi connectivity index (χ3v) is 3.35. The van der Waals surface area contributed by atoms with Gasteiger partial charge >= 0.3 is 0 Å². The fourth-order valence-electron chi connectivity index (χ4n) is 2.04. The maximum Gasteiger partial charge on any atom is 0.249 e. The predicted octanol–water partition coefficient (Wildman–Crippen LogP) is 1.44. The van der Waals surface area contributed by atoms with Crippen molar-refractivity contribution in [3.05, 3.63) is 46.5 Å². The predicted molar refractivity (Wildman–Crippen MR) is 73.2 cm³/mol. The minimum Gasteiger partial charge on any atom is -0.338 e. The Kier molecular flexibility index (Phi) is 3.98. The van der Waals surface area contributed by atoms with Crippen LogP contribution < -0.4 is 5.32 Å². The third-order valence-electron chi connectivity index (χ3n) is 3.35. The van der Waals surface area contributed by atoms with E-state index in [0.29, 0.717) is 12.1 Å². The normalized spacial score (nSPS) is 13.4. The van der Waals surface area contributed by atoms with Crippen molar-refractivity contribution in [3.63, 3.8) is 0 Å². The number of benzene rings is 1. The standard InChI is InChI=1S/C15H17N3O/c1-11(14-8-17-9-14)15(19)18(2)10-13-5-3-4-12(6-13)7-16/h3-6,17H,8-10H2,1-2H3. The van der Waals surface area contributed by atoms with E-state index in [4.69, 9.17) is 5.26 Å². The topological polar surface area (TPSA) is 56.1 Å². The van der Waals surface area contributed by atoms with Crippen molar-refractivity contribution < 1.29 is 4.79 Å². The average Bonchev–Trinajstić information content (AvgIpc) is 2.35. The molecule has 1 heterocycles. The molecule has 1 aromatic carbocycles. The summed E-state index contributed by atoms with van der Waals surface area (Å²) in [6.07, 6.45) is 0. The Labute approximate surface area is 113 Å². The maximum atomic E-state index is 12.2. The highest BCUT2D eigenvalue weighted by atomic mass is 16.2. The average molecular weight is 255 g/mol. The van der Waals surface area contributed by atoms with Crippen LogP contribution in [0.1, 0.15) is 18.1 Å². The fourth-order valence-corrected chi connectivity index (χ4v) is 2.04. The van der Waals surface area contributed by atoms with E-state index in [9.17, 15) is 4.79 Å². The Morgan fingerprint density at radius 3 is 2.79 bits per heavy atom. The first kappa shape index (κ1) is 13.3. The molecule has 0 atom stereocenters. The Morgan fingerprint density at radius 1 is 1.47 bits per heavy atom. The highest BCUT2D eigenvalue weighted by molar-refractivity contribution is 5.93. The summed E-state index contributed by atoms with van der Waals surface area (Å²) < 4.78 is 0. The van der Waals surface area contributed by atoms with Gasteiger partial charge in [0.25, 0.3) is 0 Å². The lowest BCUT2D eigenvalue weighted by Crippen LogP contribution is -2.38. The number of nitrogens with one attached hydrogen (secondary N) is 1. The SMILES string of the molecule is CC(C(=O)N(C)Cc1cccc(C#N)c1)=C1CNC1. The van der Waals surface area contributed by atoms with Gasteiger partial charge in [-0.15, -0.1) is 0 Å². The molecule has 1 aromatic rings. The number of hydrogen-bond donors (Lipinski definition) is 1. The highest BCUT2D eigenvalue weighted by Gasteiger charge is 2.18. The van der Waals surface area contributed by atoms with Crippen LogP contribution in [-0.2, 0) is 11.3 Å². The molecular weight excluding hydrogens is 238 g/mol. The van der Waals surface area contributed by atoms with E-state index in [-0.39, 0.29) is 5.91 Å². The summed E-state index contributed by atoms with van der Waals surface area (Å²) in [7, 11) is 1.79. The van der Waals surface area contributed by atoms with Crippen LogP contribution in [0.4, 0.5) is 0 Å². The number of nitriles is 1. The van der Waals surface area contributed by atoms with Gasteiger partial charge in [0, 0.05) is 32.3 Å². The summed E-state index contributed by atoms with van der Waals surface area (Å²) in [5, 5.41) is 12.0. The number of carbonyl (C=O) groups excluding carboxylic acids is 1. The smallest absolute Gasteiger partial charge is 0.249 e. The van der Waals surface area contributed by atoms with Crippen molar-refractivity contribution in [2.75, 3.05) is 20.1 Å². The van der Waals surface area contributed by atoms with Crippen molar-refractivity contribution in [2.45, 2.75) is 13.5 Å². The molecule has 0 aromatic heterocycles. The minimum atomic E-state index is 0.0545. The van der Waals surface area contributed by atoms with E-state index in [2.05, 4.69) is 11.4 Å². The first-order valence-corrected chi connectivity index (χ1v) is 6.25. The summed E-state index contributed by atoms with van der Waals surface area (Å²) in [6.45, 7) is 4.03. The van der Waals surface area contributed by atoms with Crippen molar-refractivity contribution in [1.29, 1.82) is 5.26 Å². The molecule has 98 valence electrons. The molecule has 19 heavy (non-hydrogen) atoms. The number of likely N-dealkylation sites (N-methyl/N-ethyl adjacent to an activating group) is 1. The lowest BCUT2D eigenvalue weighted by molar-refractivity contribution is -0.126. The molecule has 0 aliphatic carbocycles. The van der Waals surface area contributed by atoms with Crippen LogP contribution >= 0.6 is 0 Å². The minimum absolute atomic E-state index is 0.0545. The van der Waals surface area contributed by atoms with Gasteiger partial charge in [-0.2, -0.15) is 5.26 Å².